The van der Waals surface area contributed by atoms with Gasteiger partial charge in [0.25, 0.3) is 15.9 Å². The van der Waals surface area contributed by atoms with E-state index in [-0.39, 0.29) is 28.8 Å². The summed E-state index contributed by atoms with van der Waals surface area (Å²) in [6.07, 6.45) is 0.293. The van der Waals surface area contributed by atoms with Gasteiger partial charge in [-0.3, -0.25) is 14.4 Å². The van der Waals surface area contributed by atoms with Gasteiger partial charge in [-0.15, -0.1) is 0 Å². The molecule has 1 heterocycles. The van der Waals surface area contributed by atoms with Crippen LogP contribution in [0.3, 0.4) is 0 Å². The van der Waals surface area contributed by atoms with Gasteiger partial charge in [0.05, 0.1) is 5.56 Å². The first kappa shape index (κ1) is 25.7. The van der Waals surface area contributed by atoms with Crippen LogP contribution >= 0.6 is 11.6 Å². The molecule has 1 aliphatic heterocycles. The first-order valence-electron chi connectivity index (χ1n) is 11.0. The summed E-state index contributed by atoms with van der Waals surface area (Å²) < 4.78 is 26.5. The first-order valence-corrected chi connectivity index (χ1v) is 12.9. The average Bonchev–Trinajstić information content (AvgIpc) is 2.99. The quantitative estimate of drug-likeness (QED) is 0.564. The smallest absolute Gasteiger partial charge is 0.269 e. The van der Waals surface area contributed by atoms with Crippen LogP contribution in [0.5, 0.6) is 0 Å². The Hall–Kier alpha value is -2.91. The largest absolute Gasteiger partial charge is 0.354 e. The number of halogens is 1. The summed E-state index contributed by atoms with van der Waals surface area (Å²) in [6, 6.07) is 11.9. The molecule has 1 atom stereocenters. The fourth-order valence-electron chi connectivity index (χ4n) is 3.75. The van der Waals surface area contributed by atoms with Gasteiger partial charge >= 0.3 is 0 Å². The topological polar surface area (TPSA) is 104 Å². The highest BCUT2D eigenvalue weighted by Gasteiger charge is 2.43. The number of fused-ring (bicyclic) bond motifs is 1. The van der Waals surface area contributed by atoms with Gasteiger partial charge in [-0.1, -0.05) is 62.7 Å². The van der Waals surface area contributed by atoms with E-state index in [0.29, 0.717) is 27.9 Å². The lowest BCUT2D eigenvalue weighted by molar-refractivity contribution is -0.141. The van der Waals surface area contributed by atoms with Crippen molar-refractivity contribution in [2.45, 2.75) is 44.7 Å². The molecule has 1 N–H and O–H groups in total. The number of sulfonamides is 1. The summed E-state index contributed by atoms with van der Waals surface area (Å²) in [5.74, 6) is -1.58. The number of carbonyl (C=O) groups is 3. The predicted octanol–water partition coefficient (Wildman–Crippen LogP) is 3.06. The van der Waals surface area contributed by atoms with Crippen molar-refractivity contribution in [3.8, 4) is 0 Å². The highest BCUT2D eigenvalue weighted by Crippen LogP contribution is 2.30. The van der Waals surface area contributed by atoms with Gasteiger partial charge < -0.3 is 10.2 Å². The molecule has 0 fully saturated rings. The van der Waals surface area contributed by atoms with Gasteiger partial charge in [-0.2, -0.15) is 0 Å². The van der Waals surface area contributed by atoms with Crippen molar-refractivity contribution in [2.24, 2.45) is 5.92 Å². The molecule has 3 rings (SSSR count). The molecule has 10 heteroatoms. The van der Waals surface area contributed by atoms with Crippen molar-refractivity contribution in [3.63, 3.8) is 0 Å². The van der Waals surface area contributed by atoms with Crippen molar-refractivity contribution >= 4 is 39.3 Å². The number of hydrogen-bond donors (Lipinski definition) is 1. The molecule has 8 nitrogen and oxygen atoms in total. The Balaban J connectivity index is 1.92. The number of hydrogen-bond acceptors (Lipinski definition) is 5. The van der Waals surface area contributed by atoms with Crippen LogP contribution in [0.1, 0.15) is 43.1 Å². The minimum atomic E-state index is -4.17. The van der Waals surface area contributed by atoms with Crippen LogP contribution in [-0.2, 0) is 26.2 Å². The molecule has 34 heavy (non-hydrogen) atoms. The van der Waals surface area contributed by atoms with Crippen molar-refractivity contribution < 1.29 is 22.8 Å². The van der Waals surface area contributed by atoms with Crippen LogP contribution in [-0.4, -0.2) is 54.5 Å². The summed E-state index contributed by atoms with van der Waals surface area (Å²) >= 11 is 6.30. The van der Waals surface area contributed by atoms with E-state index >= 15 is 0 Å². The Morgan fingerprint density at radius 2 is 1.74 bits per heavy atom. The molecule has 0 saturated carbocycles. The van der Waals surface area contributed by atoms with Crippen LogP contribution in [0.2, 0.25) is 5.02 Å². The predicted molar refractivity (Wildman–Crippen MR) is 129 cm³/mol. The van der Waals surface area contributed by atoms with E-state index < -0.39 is 34.4 Å². The molecular formula is C24H28ClN3O5S. The second kappa shape index (κ2) is 10.6. The lowest BCUT2D eigenvalue weighted by Crippen LogP contribution is -2.52. The van der Waals surface area contributed by atoms with E-state index in [4.69, 9.17) is 11.6 Å². The SMILES string of the molecule is CC[C@H](C(=O)NCC(C)C)N(Cc1ccccc1Cl)C(=O)CN1C(=O)c2ccccc2S1(=O)=O. The summed E-state index contributed by atoms with van der Waals surface area (Å²) in [5.41, 5.74) is 0.626. The number of benzene rings is 2. The van der Waals surface area contributed by atoms with Crippen molar-refractivity contribution in [2.75, 3.05) is 13.1 Å². The fourth-order valence-corrected chi connectivity index (χ4v) is 5.47. The molecule has 1 aliphatic rings. The molecule has 0 radical (unpaired) electrons. The van der Waals surface area contributed by atoms with E-state index in [1.165, 1.54) is 23.1 Å². The van der Waals surface area contributed by atoms with E-state index in [0.717, 1.165) is 0 Å². The van der Waals surface area contributed by atoms with Gasteiger partial charge in [-0.25, -0.2) is 12.7 Å². The second-order valence-corrected chi connectivity index (χ2v) is 10.7. The molecule has 182 valence electrons. The number of amides is 3. The van der Waals surface area contributed by atoms with Crippen LogP contribution in [0.4, 0.5) is 0 Å². The Kier molecular flexibility index (Phi) is 7.99. The molecule has 3 amide bonds. The van der Waals surface area contributed by atoms with Gasteiger partial charge in [-0.05, 0) is 36.1 Å². The minimum Gasteiger partial charge on any atom is -0.354 e. The zero-order chi connectivity index (χ0) is 25.0. The van der Waals surface area contributed by atoms with E-state index in [1.54, 1.807) is 37.3 Å². The van der Waals surface area contributed by atoms with Gasteiger partial charge in [0.15, 0.2) is 0 Å². The van der Waals surface area contributed by atoms with Crippen molar-refractivity contribution in [1.82, 2.24) is 14.5 Å². The molecule has 0 spiro atoms. The Morgan fingerprint density at radius 3 is 2.35 bits per heavy atom. The summed E-state index contributed by atoms with van der Waals surface area (Å²) in [4.78, 5) is 40.4. The fraction of sp³-hybridized carbons (Fsp3) is 0.375. The summed E-state index contributed by atoms with van der Waals surface area (Å²) in [6.45, 7) is 5.37. The Labute approximate surface area is 204 Å². The molecular weight excluding hydrogens is 478 g/mol. The normalized spacial score (nSPS) is 15.2. The van der Waals surface area contributed by atoms with Crippen LogP contribution < -0.4 is 5.32 Å². The van der Waals surface area contributed by atoms with Crippen LogP contribution in [0.15, 0.2) is 53.4 Å². The number of nitrogens with zero attached hydrogens (tertiary/aromatic N) is 2. The van der Waals surface area contributed by atoms with Crippen LogP contribution in [0, 0.1) is 5.92 Å². The van der Waals surface area contributed by atoms with E-state index in [2.05, 4.69) is 5.32 Å². The third-order valence-corrected chi connectivity index (χ3v) is 7.72. The van der Waals surface area contributed by atoms with Crippen molar-refractivity contribution in [1.29, 1.82) is 0 Å². The monoisotopic (exact) mass is 505 g/mol. The van der Waals surface area contributed by atoms with Gasteiger partial charge in [0.2, 0.25) is 11.8 Å². The maximum absolute atomic E-state index is 13.5. The standard InChI is InChI=1S/C24H28ClN3O5S/c1-4-20(23(30)26-13-16(2)3)27(14-17-9-5-7-11-19(17)25)22(29)15-28-24(31)18-10-6-8-12-21(18)34(28,32)33/h5-12,16,20H,4,13-15H2,1-3H3,(H,26,30)/t20-/m1/s1. The molecule has 0 unspecified atom stereocenters. The van der Waals surface area contributed by atoms with Crippen LogP contribution in [0.25, 0.3) is 0 Å². The third-order valence-electron chi connectivity index (χ3n) is 5.56. The van der Waals surface area contributed by atoms with Gasteiger partial charge in [0.1, 0.15) is 17.5 Å². The average molecular weight is 506 g/mol. The summed E-state index contributed by atoms with van der Waals surface area (Å²) in [5, 5.41) is 3.25. The maximum atomic E-state index is 13.5. The number of rotatable bonds is 9. The zero-order valence-electron chi connectivity index (χ0n) is 19.3. The zero-order valence-corrected chi connectivity index (χ0v) is 20.9. The molecule has 0 aromatic heterocycles. The second-order valence-electron chi connectivity index (χ2n) is 8.49. The van der Waals surface area contributed by atoms with E-state index in [9.17, 15) is 22.8 Å². The molecule has 2 aromatic carbocycles. The lowest BCUT2D eigenvalue weighted by Gasteiger charge is -2.32. The minimum absolute atomic E-state index is 0.0128. The molecule has 0 saturated heterocycles. The number of carbonyl (C=O) groups excluding carboxylic acids is 3. The van der Waals surface area contributed by atoms with Crippen molar-refractivity contribution in [3.05, 3.63) is 64.7 Å². The molecule has 2 aromatic rings. The maximum Gasteiger partial charge on any atom is 0.269 e. The Bertz CT molecular complexity index is 1200. The summed E-state index contributed by atoms with van der Waals surface area (Å²) in [7, 11) is -4.17. The highest BCUT2D eigenvalue weighted by atomic mass is 35.5. The highest BCUT2D eigenvalue weighted by molar-refractivity contribution is 7.90. The molecule has 0 bridgehead atoms. The first-order chi connectivity index (χ1) is 16.1. The van der Waals surface area contributed by atoms with Gasteiger partial charge in [0, 0.05) is 18.1 Å². The number of nitrogens with one attached hydrogen (secondary N) is 1. The Morgan fingerprint density at radius 1 is 1.09 bits per heavy atom. The van der Waals surface area contributed by atoms with E-state index in [1.807, 2.05) is 13.8 Å². The molecule has 0 aliphatic carbocycles. The third kappa shape index (κ3) is 5.26. The lowest BCUT2D eigenvalue weighted by atomic mass is 10.1.